The van der Waals surface area contributed by atoms with Crippen molar-refractivity contribution in [3.05, 3.63) is 0 Å². The molecule has 3 nitrogen and oxygen atoms in total. The van der Waals surface area contributed by atoms with E-state index in [1.807, 2.05) is 0 Å². The maximum atomic E-state index is 8.56. The Hall–Kier alpha value is 1.67. The van der Waals surface area contributed by atoms with Crippen LogP contribution in [-0.2, 0) is 0 Å². The molecule has 0 atom stereocenters. The van der Waals surface area contributed by atoms with Gasteiger partial charge in [-0.1, -0.05) is 0 Å². The average Bonchev–Trinajstić information content (AvgIpc) is 0.811. The molecule has 24 valence electrons. The summed E-state index contributed by atoms with van der Waals surface area (Å²) in [7, 11) is 0. The molecule has 0 aliphatic rings. The number of hydrogen-bond donors (Lipinski definition) is 2. The molecule has 0 aliphatic heterocycles. The molecule has 0 aromatic heterocycles. The summed E-state index contributed by atoms with van der Waals surface area (Å²) in [5.74, 6) is 0. The van der Waals surface area contributed by atoms with Crippen molar-refractivity contribution in [2.24, 2.45) is 0 Å². The van der Waals surface area contributed by atoms with Gasteiger partial charge in [0, 0.05) is 0 Å². The zero-order valence-corrected chi connectivity index (χ0v) is 8.05. The van der Waals surface area contributed by atoms with Crippen LogP contribution in [0.4, 0.5) is 4.79 Å². The molecule has 5 heteroatoms. The second-order valence-corrected chi connectivity index (χ2v) is 0.283. The smallest absolute Gasteiger partial charge is 0.450 e. The van der Waals surface area contributed by atoms with Crippen molar-refractivity contribution in [2.45, 2.75) is 0 Å². The van der Waals surface area contributed by atoms with Crippen molar-refractivity contribution < 1.29 is 67.8 Å². The molecule has 0 saturated carbocycles. The average molecular weight is 126 g/mol. The predicted molar refractivity (Wildman–Crippen MR) is 17.5 cm³/mol. The Kier molecular flexibility index (Phi) is 25.6. The standard InChI is InChI=1S/CH2O3.K.Mg/c2-1(3)4;;/h(H2,2,3,4);;/q;+1;+2/p+1. The third-order valence-corrected chi connectivity index (χ3v) is 0. The van der Waals surface area contributed by atoms with Crippen LogP contribution in [0, 0.1) is 0 Å². The van der Waals surface area contributed by atoms with Gasteiger partial charge in [-0.05, 0) is 0 Å². The van der Waals surface area contributed by atoms with Crippen molar-refractivity contribution in [1.29, 1.82) is 0 Å². The van der Waals surface area contributed by atoms with Crippen molar-refractivity contribution in [1.82, 2.24) is 0 Å². The summed E-state index contributed by atoms with van der Waals surface area (Å²) in [6, 6.07) is 0. The fourth-order valence-electron chi connectivity index (χ4n) is 0. The Morgan fingerprint density at radius 2 is 1.50 bits per heavy atom. The summed E-state index contributed by atoms with van der Waals surface area (Å²) in [6.45, 7) is 0. The van der Waals surface area contributed by atoms with Gasteiger partial charge in [-0.2, -0.15) is 0 Å². The van der Waals surface area contributed by atoms with Crippen LogP contribution in [0.5, 0.6) is 0 Å². The third-order valence-electron chi connectivity index (χ3n) is 0. The Bertz CT molecular complexity index is 37.9. The number of carboxylic acid groups (broad SMARTS) is 2. The molecular formula is CH3KMgO3+4. The van der Waals surface area contributed by atoms with E-state index in [0.717, 1.165) is 0 Å². The number of rotatable bonds is 0. The van der Waals surface area contributed by atoms with Gasteiger partial charge in [0.25, 0.3) is 0 Å². The summed E-state index contributed by atoms with van der Waals surface area (Å²) >= 11 is 0. The van der Waals surface area contributed by atoms with Crippen LogP contribution < -0.4 is 51.4 Å². The largest absolute Gasteiger partial charge is 2.00 e. The van der Waals surface area contributed by atoms with E-state index in [1.165, 1.54) is 0 Å². The molecule has 0 bridgehead atoms. The third kappa shape index (κ3) is 44.3. The molecule has 0 fully saturated rings. The summed E-state index contributed by atoms with van der Waals surface area (Å²) in [6.07, 6.45) is -1.83. The van der Waals surface area contributed by atoms with E-state index < -0.39 is 6.16 Å². The minimum atomic E-state index is -1.83. The Balaban J connectivity index is -0.0000000150. The van der Waals surface area contributed by atoms with Gasteiger partial charge in [-0.25, -0.2) is 4.79 Å². The van der Waals surface area contributed by atoms with Gasteiger partial charge in [-0.3, -0.25) is 0 Å². The molecule has 0 spiro atoms. The molecule has 2 N–H and O–H groups in total. The fourth-order valence-corrected chi connectivity index (χ4v) is 0. The Morgan fingerprint density at radius 1 is 1.50 bits per heavy atom. The maximum absolute atomic E-state index is 8.56. The number of hydrogen-bond acceptors (Lipinski definition) is 1. The van der Waals surface area contributed by atoms with Gasteiger partial charge >= 0.3 is 82.0 Å². The van der Waals surface area contributed by atoms with Gasteiger partial charge in [0.2, 0.25) is 0 Å². The molecule has 6 heavy (non-hydrogen) atoms. The topological polar surface area (TPSA) is 57.5 Å². The SMILES string of the molecule is O=C(O)O.[H+].[K+].[Mg+2]. The molecule has 0 aromatic carbocycles. The van der Waals surface area contributed by atoms with Crippen LogP contribution in [0.1, 0.15) is 1.43 Å². The quantitative estimate of drug-likeness (QED) is 0.339. The fraction of sp³-hybridized carbons (Fsp3) is 0. The van der Waals surface area contributed by atoms with E-state index in [1.54, 1.807) is 0 Å². The van der Waals surface area contributed by atoms with E-state index in [-0.39, 0.29) is 75.9 Å². The monoisotopic (exact) mass is 126 g/mol. The van der Waals surface area contributed by atoms with Crippen LogP contribution in [-0.4, -0.2) is 39.4 Å². The molecule has 0 aromatic rings. The molecule has 0 saturated heterocycles. The van der Waals surface area contributed by atoms with Crippen LogP contribution in [0.3, 0.4) is 0 Å². The first-order chi connectivity index (χ1) is 1.73. The first kappa shape index (κ1) is 15.6. The molecule has 0 aliphatic carbocycles. The molecule has 0 rings (SSSR count). The van der Waals surface area contributed by atoms with Crippen LogP contribution in [0.2, 0.25) is 0 Å². The zero-order chi connectivity index (χ0) is 3.58. The molecule has 0 radical (unpaired) electrons. The Labute approximate surface area is 95.2 Å². The van der Waals surface area contributed by atoms with Crippen LogP contribution in [0.25, 0.3) is 0 Å². The Morgan fingerprint density at radius 3 is 1.50 bits per heavy atom. The molecule has 0 unspecified atom stereocenters. The van der Waals surface area contributed by atoms with Crippen molar-refractivity contribution >= 4 is 29.2 Å². The predicted octanol–water partition coefficient (Wildman–Crippen LogP) is -3.04. The van der Waals surface area contributed by atoms with Gasteiger partial charge in [-0.15, -0.1) is 0 Å². The maximum Gasteiger partial charge on any atom is 2.00 e. The van der Waals surface area contributed by atoms with E-state index >= 15 is 0 Å². The first-order valence-electron chi connectivity index (χ1n) is 0.651. The molecular weight excluding hydrogens is 123 g/mol. The number of carbonyl (C=O) groups is 1. The van der Waals surface area contributed by atoms with Gasteiger partial charge in [0.1, 0.15) is 0 Å². The summed E-state index contributed by atoms with van der Waals surface area (Å²) < 4.78 is 0. The van der Waals surface area contributed by atoms with E-state index in [2.05, 4.69) is 0 Å². The van der Waals surface area contributed by atoms with Crippen LogP contribution >= 0.6 is 0 Å². The van der Waals surface area contributed by atoms with Gasteiger partial charge in [0.15, 0.2) is 0 Å². The first-order valence-corrected chi connectivity index (χ1v) is 0.651. The van der Waals surface area contributed by atoms with Gasteiger partial charge in [0.05, 0.1) is 0 Å². The van der Waals surface area contributed by atoms with Crippen molar-refractivity contribution in [3.8, 4) is 0 Å². The molecule has 0 heterocycles. The minimum absolute atomic E-state index is 0. The summed E-state index contributed by atoms with van der Waals surface area (Å²) in [5.41, 5.74) is 0. The van der Waals surface area contributed by atoms with Crippen LogP contribution in [0.15, 0.2) is 0 Å². The normalized spacial score (nSPS) is 4.00. The van der Waals surface area contributed by atoms with E-state index in [9.17, 15) is 0 Å². The van der Waals surface area contributed by atoms with Crippen molar-refractivity contribution in [3.63, 3.8) is 0 Å². The zero-order valence-electron chi connectivity index (χ0n) is 4.51. The molecule has 0 amide bonds. The van der Waals surface area contributed by atoms with Crippen molar-refractivity contribution in [2.75, 3.05) is 0 Å². The van der Waals surface area contributed by atoms with E-state index in [4.69, 9.17) is 15.0 Å². The van der Waals surface area contributed by atoms with Gasteiger partial charge < -0.3 is 10.2 Å². The summed E-state index contributed by atoms with van der Waals surface area (Å²) in [4.78, 5) is 8.56. The second kappa shape index (κ2) is 9.83. The minimum Gasteiger partial charge on any atom is -0.450 e. The second-order valence-electron chi connectivity index (χ2n) is 0.283. The summed E-state index contributed by atoms with van der Waals surface area (Å²) in [5, 5.41) is 13.9. The van der Waals surface area contributed by atoms with E-state index in [0.29, 0.717) is 0 Å².